The molecule has 0 atom stereocenters. The predicted octanol–water partition coefficient (Wildman–Crippen LogP) is 3.43. The summed E-state index contributed by atoms with van der Waals surface area (Å²) in [5.41, 5.74) is 2.42. The lowest BCUT2D eigenvalue weighted by atomic mass is 10.1. The van der Waals surface area contributed by atoms with Crippen molar-refractivity contribution in [2.24, 2.45) is 5.10 Å². The van der Waals surface area contributed by atoms with Crippen LogP contribution in [0.5, 0.6) is 5.75 Å². The largest absolute Gasteiger partial charge is 0.488 e. The van der Waals surface area contributed by atoms with Gasteiger partial charge in [-0.25, -0.2) is 19.2 Å². The summed E-state index contributed by atoms with van der Waals surface area (Å²) < 4.78 is 32.9. The Kier molecular flexibility index (Phi) is 5.94. The molecule has 0 aliphatic carbocycles. The van der Waals surface area contributed by atoms with E-state index in [0.717, 1.165) is 12.3 Å². The van der Waals surface area contributed by atoms with Crippen molar-refractivity contribution in [3.8, 4) is 23.1 Å². The van der Waals surface area contributed by atoms with Gasteiger partial charge in [-0.1, -0.05) is 30.3 Å². The fourth-order valence-corrected chi connectivity index (χ4v) is 2.52. The van der Waals surface area contributed by atoms with Crippen molar-refractivity contribution >= 4 is 12.2 Å². The molecule has 1 aromatic heterocycles. The molecule has 7 nitrogen and oxygen atoms in total. The number of ether oxygens (including phenoxy) is 1. The molecular formula is C20H15F2N5O2. The maximum atomic E-state index is 14.3. The molecule has 0 aliphatic rings. The molecule has 0 saturated heterocycles. The molecule has 2 N–H and O–H groups in total. The van der Waals surface area contributed by atoms with Gasteiger partial charge in [-0.05, 0) is 19.1 Å². The van der Waals surface area contributed by atoms with Crippen LogP contribution >= 0.6 is 0 Å². The summed E-state index contributed by atoms with van der Waals surface area (Å²) in [4.78, 5) is 18.8. The Bertz CT molecular complexity index is 1150. The highest BCUT2D eigenvalue weighted by atomic mass is 19.1. The second-order valence-corrected chi connectivity index (χ2v) is 5.70. The van der Waals surface area contributed by atoms with Crippen LogP contribution in [-0.2, 0) is 0 Å². The number of rotatable bonds is 6. The first kappa shape index (κ1) is 19.7. The Morgan fingerprint density at radius 3 is 2.72 bits per heavy atom. The van der Waals surface area contributed by atoms with Crippen molar-refractivity contribution in [3.05, 3.63) is 75.6 Å². The van der Waals surface area contributed by atoms with Crippen LogP contribution in [0, 0.1) is 23.0 Å². The van der Waals surface area contributed by atoms with E-state index in [1.807, 2.05) is 6.07 Å². The minimum absolute atomic E-state index is 0.0263. The number of aromatic amines is 1. The van der Waals surface area contributed by atoms with Crippen molar-refractivity contribution in [1.29, 1.82) is 5.26 Å². The zero-order chi connectivity index (χ0) is 20.8. The van der Waals surface area contributed by atoms with E-state index in [1.165, 1.54) is 6.07 Å². The van der Waals surface area contributed by atoms with E-state index in [-0.39, 0.29) is 29.4 Å². The number of aromatic nitrogens is 2. The van der Waals surface area contributed by atoms with Crippen LogP contribution < -0.4 is 15.7 Å². The van der Waals surface area contributed by atoms with Gasteiger partial charge < -0.3 is 4.74 Å². The van der Waals surface area contributed by atoms with Gasteiger partial charge in [0.25, 0.3) is 5.56 Å². The second-order valence-electron chi connectivity index (χ2n) is 5.70. The fraction of sp³-hybridized carbons (Fsp3) is 0.100. The van der Waals surface area contributed by atoms with E-state index in [0.29, 0.717) is 5.56 Å². The number of halogens is 2. The van der Waals surface area contributed by atoms with E-state index in [4.69, 9.17) is 4.74 Å². The molecule has 3 rings (SSSR count). The molecule has 146 valence electrons. The lowest BCUT2D eigenvalue weighted by molar-refractivity contribution is 0.302. The van der Waals surface area contributed by atoms with Gasteiger partial charge in [-0.3, -0.25) is 9.78 Å². The van der Waals surface area contributed by atoms with Crippen molar-refractivity contribution in [3.63, 3.8) is 0 Å². The predicted molar refractivity (Wildman–Crippen MR) is 104 cm³/mol. The second kappa shape index (κ2) is 8.75. The summed E-state index contributed by atoms with van der Waals surface area (Å²) >= 11 is 0. The SMILES string of the molecule is CCOc1c(F)ccc(C=NNc2nc(-c3ccccc3)c(C#N)c(=O)[nH]2)c1F. The lowest BCUT2D eigenvalue weighted by Crippen LogP contribution is -2.16. The van der Waals surface area contributed by atoms with Gasteiger partial charge in [-0.2, -0.15) is 10.4 Å². The molecule has 1 heterocycles. The molecule has 0 unspecified atom stereocenters. The van der Waals surface area contributed by atoms with Crippen LogP contribution in [-0.4, -0.2) is 22.8 Å². The number of anilines is 1. The van der Waals surface area contributed by atoms with Crippen LogP contribution in [0.4, 0.5) is 14.7 Å². The molecule has 9 heteroatoms. The summed E-state index contributed by atoms with van der Waals surface area (Å²) in [7, 11) is 0. The third-order valence-corrected chi connectivity index (χ3v) is 3.82. The molecule has 2 aromatic carbocycles. The molecule has 0 amide bonds. The Hall–Kier alpha value is -4.06. The molecule has 0 bridgehead atoms. The van der Waals surface area contributed by atoms with Crippen molar-refractivity contribution < 1.29 is 13.5 Å². The average Bonchev–Trinajstić information content (AvgIpc) is 2.73. The summed E-state index contributed by atoms with van der Waals surface area (Å²) in [6.07, 6.45) is 1.09. The van der Waals surface area contributed by atoms with Gasteiger partial charge >= 0.3 is 0 Å². The first-order chi connectivity index (χ1) is 14.0. The van der Waals surface area contributed by atoms with Gasteiger partial charge in [0.15, 0.2) is 17.4 Å². The number of H-pyrrole nitrogens is 1. The van der Waals surface area contributed by atoms with Gasteiger partial charge in [0.2, 0.25) is 5.95 Å². The van der Waals surface area contributed by atoms with E-state index in [1.54, 1.807) is 37.3 Å². The molecule has 0 spiro atoms. The van der Waals surface area contributed by atoms with Crippen molar-refractivity contribution in [1.82, 2.24) is 9.97 Å². The van der Waals surface area contributed by atoms with Crippen molar-refractivity contribution in [2.75, 3.05) is 12.0 Å². The fourth-order valence-electron chi connectivity index (χ4n) is 2.52. The quantitative estimate of drug-likeness (QED) is 0.492. The van der Waals surface area contributed by atoms with Gasteiger partial charge in [0.05, 0.1) is 18.5 Å². The highest BCUT2D eigenvalue weighted by molar-refractivity contribution is 5.81. The highest BCUT2D eigenvalue weighted by Crippen LogP contribution is 2.24. The normalized spacial score (nSPS) is 10.7. The average molecular weight is 395 g/mol. The van der Waals surface area contributed by atoms with E-state index in [9.17, 15) is 18.8 Å². The van der Waals surface area contributed by atoms with E-state index in [2.05, 4.69) is 20.5 Å². The molecule has 0 fully saturated rings. The molecule has 3 aromatic rings. The zero-order valence-corrected chi connectivity index (χ0v) is 15.2. The summed E-state index contributed by atoms with van der Waals surface area (Å²) in [6, 6.07) is 12.8. The topological polar surface area (TPSA) is 103 Å². The molecule has 0 radical (unpaired) electrons. The third kappa shape index (κ3) is 4.27. The maximum absolute atomic E-state index is 14.3. The number of hydrogen-bond donors (Lipinski definition) is 2. The van der Waals surface area contributed by atoms with E-state index < -0.39 is 22.9 Å². The van der Waals surface area contributed by atoms with Crippen molar-refractivity contribution in [2.45, 2.75) is 6.92 Å². The minimum atomic E-state index is -0.899. The zero-order valence-electron chi connectivity index (χ0n) is 15.2. The van der Waals surface area contributed by atoms with Gasteiger partial charge in [0.1, 0.15) is 11.6 Å². The van der Waals surface area contributed by atoms with Crippen LogP contribution in [0.1, 0.15) is 18.1 Å². The molecular weight excluding hydrogens is 380 g/mol. The van der Waals surface area contributed by atoms with Crippen LogP contribution in [0.25, 0.3) is 11.3 Å². The molecule has 0 aliphatic heterocycles. The molecule has 0 saturated carbocycles. The lowest BCUT2D eigenvalue weighted by Gasteiger charge is -2.08. The smallest absolute Gasteiger partial charge is 0.270 e. The summed E-state index contributed by atoms with van der Waals surface area (Å²) in [5, 5.41) is 13.1. The Labute approximate surface area is 164 Å². The molecule has 29 heavy (non-hydrogen) atoms. The Balaban J connectivity index is 1.91. The van der Waals surface area contributed by atoms with Gasteiger partial charge in [-0.15, -0.1) is 0 Å². The van der Waals surface area contributed by atoms with E-state index >= 15 is 0 Å². The van der Waals surface area contributed by atoms with Gasteiger partial charge in [0, 0.05) is 11.1 Å². The first-order valence-electron chi connectivity index (χ1n) is 8.54. The summed E-state index contributed by atoms with van der Waals surface area (Å²) in [6.45, 7) is 1.71. The van der Waals surface area contributed by atoms with Crippen LogP contribution in [0.2, 0.25) is 0 Å². The number of benzene rings is 2. The number of nitrogens with one attached hydrogen (secondary N) is 2. The highest BCUT2D eigenvalue weighted by Gasteiger charge is 2.14. The van der Waals surface area contributed by atoms with Crippen LogP contribution in [0.3, 0.4) is 0 Å². The standard InChI is InChI=1S/C20H15F2N5O2/c1-2-29-18-15(21)9-8-13(16(18)22)11-24-27-20-25-17(12-6-4-3-5-7-12)14(10-23)19(28)26-20/h3-9,11H,2H2,1H3,(H2,25,26,27,28). The van der Waals surface area contributed by atoms with Crippen LogP contribution in [0.15, 0.2) is 52.4 Å². The minimum Gasteiger partial charge on any atom is -0.488 e. The maximum Gasteiger partial charge on any atom is 0.270 e. The Morgan fingerprint density at radius 1 is 1.28 bits per heavy atom. The Morgan fingerprint density at radius 2 is 2.03 bits per heavy atom. The summed E-state index contributed by atoms with van der Waals surface area (Å²) in [5.74, 6) is -2.26. The number of hydrogen-bond acceptors (Lipinski definition) is 6. The number of hydrazone groups is 1. The third-order valence-electron chi connectivity index (χ3n) is 3.82. The number of nitrogens with zero attached hydrogens (tertiary/aromatic N) is 3. The monoisotopic (exact) mass is 395 g/mol. The first-order valence-corrected chi connectivity index (χ1v) is 8.54. The number of nitriles is 1.